The average Bonchev–Trinajstić information content (AvgIpc) is 3.15. The van der Waals surface area contributed by atoms with Gasteiger partial charge in [-0.3, -0.25) is 0 Å². The normalized spacial score (nSPS) is 58.5. The van der Waals surface area contributed by atoms with E-state index in [1.54, 1.807) is 0 Å². The van der Waals surface area contributed by atoms with Gasteiger partial charge in [0.2, 0.25) is 0 Å². The Hall–Kier alpha value is -0.600. The lowest BCUT2D eigenvalue weighted by molar-refractivity contribution is -0.134. The highest BCUT2D eigenvalue weighted by molar-refractivity contribution is 5.28. The van der Waals surface area contributed by atoms with Crippen molar-refractivity contribution in [3.8, 4) is 0 Å². The Morgan fingerprint density at radius 2 is 1.92 bits per heavy atom. The molecule has 2 nitrogen and oxygen atoms in total. The Balaban J connectivity index is 1.49. The molecule has 0 bridgehead atoms. The molecule has 5 rings (SSSR count). The maximum Gasteiger partial charge on any atom is 0.0922 e. The number of fused-ring (bicyclic) bond motifs is 6. The molecule has 4 aliphatic carbocycles. The lowest BCUT2D eigenvalue weighted by Crippen LogP contribution is -2.56. The third-order valence-corrected chi connectivity index (χ3v) is 9.01. The van der Waals surface area contributed by atoms with E-state index in [4.69, 9.17) is 4.74 Å². The van der Waals surface area contributed by atoms with Gasteiger partial charge in [-0.1, -0.05) is 38.2 Å². The van der Waals surface area contributed by atoms with Gasteiger partial charge in [0.05, 0.1) is 11.7 Å². The highest BCUT2D eigenvalue weighted by Crippen LogP contribution is 2.67. The summed E-state index contributed by atoms with van der Waals surface area (Å²) in [6.07, 6.45) is 17.9. The first-order chi connectivity index (χ1) is 11.5. The SMILES string of the molecule is C[C@]12C=C[C@H](O)CC1CCC1C2CC[C@@]2(C)C1C=CC21CCCO1. The molecule has 132 valence electrons. The largest absolute Gasteiger partial charge is 0.389 e. The van der Waals surface area contributed by atoms with E-state index in [1.165, 1.54) is 38.5 Å². The first-order valence-electron chi connectivity index (χ1n) is 10.2. The summed E-state index contributed by atoms with van der Waals surface area (Å²) in [5.74, 6) is 2.93. The van der Waals surface area contributed by atoms with Crippen LogP contribution in [-0.2, 0) is 4.74 Å². The van der Waals surface area contributed by atoms with Crippen LogP contribution >= 0.6 is 0 Å². The van der Waals surface area contributed by atoms with Crippen molar-refractivity contribution in [1.29, 1.82) is 0 Å². The maximum absolute atomic E-state index is 10.1. The second-order valence-corrected chi connectivity index (χ2v) is 9.76. The van der Waals surface area contributed by atoms with E-state index >= 15 is 0 Å². The van der Waals surface area contributed by atoms with Crippen LogP contribution in [0.5, 0.6) is 0 Å². The second-order valence-electron chi connectivity index (χ2n) is 9.76. The van der Waals surface area contributed by atoms with Crippen LogP contribution in [0.25, 0.3) is 0 Å². The van der Waals surface area contributed by atoms with Crippen LogP contribution < -0.4 is 0 Å². The zero-order chi connectivity index (χ0) is 16.6. The van der Waals surface area contributed by atoms with E-state index in [1.807, 2.05) is 0 Å². The van der Waals surface area contributed by atoms with Gasteiger partial charge in [-0.2, -0.15) is 0 Å². The van der Waals surface area contributed by atoms with E-state index in [2.05, 4.69) is 38.2 Å². The number of aliphatic hydroxyl groups is 1. The third-order valence-electron chi connectivity index (χ3n) is 9.01. The van der Waals surface area contributed by atoms with Gasteiger partial charge in [0, 0.05) is 12.0 Å². The lowest BCUT2D eigenvalue weighted by atomic mass is 9.45. The Morgan fingerprint density at radius 3 is 2.71 bits per heavy atom. The number of hydrogen-bond acceptors (Lipinski definition) is 2. The van der Waals surface area contributed by atoms with E-state index in [0.717, 1.165) is 24.9 Å². The van der Waals surface area contributed by atoms with Crippen molar-refractivity contribution in [2.45, 2.75) is 70.5 Å². The molecule has 0 amide bonds. The molecule has 2 saturated carbocycles. The first kappa shape index (κ1) is 15.6. The molecule has 2 heteroatoms. The molecule has 8 atom stereocenters. The Morgan fingerprint density at radius 1 is 1.04 bits per heavy atom. The molecular weight excluding hydrogens is 296 g/mol. The topological polar surface area (TPSA) is 29.5 Å². The number of aliphatic hydroxyl groups excluding tert-OH is 1. The summed E-state index contributed by atoms with van der Waals surface area (Å²) >= 11 is 0. The molecule has 5 aliphatic rings. The first-order valence-corrected chi connectivity index (χ1v) is 10.2. The highest BCUT2D eigenvalue weighted by atomic mass is 16.5. The Labute approximate surface area is 146 Å². The predicted molar refractivity (Wildman–Crippen MR) is 95.5 cm³/mol. The minimum absolute atomic E-state index is 0.0407. The van der Waals surface area contributed by atoms with Crippen LogP contribution in [0.1, 0.15) is 58.8 Å². The van der Waals surface area contributed by atoms with Crippen molar-refractivity contribution >= 4 is 0 Å². The number of rotatable bonds is 0. The minimum atomic E-state index is -0.213. The fourth-order valence-electron chi connectivity index (χ4n) is 7.58. The van der Waals surface area contributed by atoms with Gasteiger partial charge in [0.15, 0.2) is 0 Å². The van der Waals surface area contributed by atoms with Gasteiger partial charge < -0.3 is 9.84 Å². The van der Waals surface area contributed by atoms with Crippen LogP contribution in [-0.4, -0.2) is 23.4 Å². The van der Waals surface area contributed by atoms with Crippen LogP contribution in [0.3, 0.4) is 0 Å². The standard InChI is InChI=1S/C22H32O2/c1-20-10-6-16(23)14-15(20)4-5-17-18(20)7-11-21(2)19(17)8-12-22(21)9-3-13-24-22/h6,8,10,12,15-19,23H,3-5,7,9,11,13-14H2,1-2H3/t15?,16-,17?,18?,19?,20-,21-,22?/m0/s1. The van der Waals surface area contributed by atoms with Crippen molar-refractivity contribution in [2.75, 3.05) is 6.61 Å². The van der Waals surface area contributed by atoms with Crippen LogP contribution in [0.4, 0.5) is 0 Å². The van der Waals surface area contributed by atoms with Crippen LogP contribution in [0.2, 0.25) is 0 Å². The third kappa shape index (κ3) is 1.80. The molecule has 1 N–H and O–H groups in total. The molecule has 0 aromatic rings. The van der Waals surface area contributed by atoms with Crippen molar-refractivity contribution in [3.05, 3.63) is 24.3 Å². The van der Waals surface area contributed by atoms with E-state index in [9.17, 15) is 5.11 Å². The molecule has 1 saturated heterocycles. The smallest absolute Gasteiger partial charge is 0.0922 e. The average molecular weight is 328 g/mol. The monoisotopic (exact) mass is 328 g/mol. The molecular formula is C22H32O2. The molecule has 0 aromatic carbocycles. The fourth-order valence-corrected chi connectivity index (χ4v) is 7.58. The lowest BCUT2D eigenvalue weighted by Gasteiger charge is -2.60. The molecule has 24 heavy (non-hydrogen) atoms. The quantitative estimate of drug-likeness (QED) is 0.664. The molecule has 1 heterocycles. The summed E-state index contributed by atoms with van der Waals surface area (Å²) in [7, 11) is 0. The van der Waals surface area contributed by atoms with E-state index < -0.39 is 0 Å². The van der Waals surface area contributed by atoms with E-state index in [-0.39, 0.29) is 11.7 Å². The summed E-state index contributed by atoms with van der Waals surface area (Å²) < 4.78 is 6.37. The van der Waals surface area contributed by atoms with Gasteiger partial charge in [0.25, 0.3) is 0 Å². The fraction of sp³-hybridized carbons (Fsp3) is 0.818. The van der Waals surface area contributed by atoms with Gasteiger partial charge in [-0.15, -0.1) is 0 Å². The highest BCUT2D eigenvalue weighted by Gasteiger charge is 2.63. The molecule has 0 radical (unpaired) electrons. The second kappa shape index (κ2) is 4.98. The van der Waals surface area contributed by atoms with Crippen LogP contribution in [0, 0.1) is 34.5 Å². The molecule has 5 unspecified atom stereocenters. The molecule has 1 spiro atoms. The zero-order valence-corrected chi connectivity index (χ0v) is 15.2. The molecule has 1 aliphatic heterocycles. The summed E-state index contributed by atoms with van der Waals surface area (Å²) in [6.45, 7) is 5.95. The number of ether oxygens (including phenoxy) is 1. The number of hydrogen-bond donors (Lipinski definition) is 1. The summed E-state index contributed by atoms with van der Waals surface area (Å²) in [6, 6.07) is 0. The zero-order valence-electron chi connectivity index (χ0n) is 15.2. The Bertz CT molecular complexity index is 587. The summed E-state index contributed by atoms with van der Waals surface area (Å²) in [5, 5.41) is 10.1. The molecule has 0 aromatic heterocycles. The summed E-state index contributed by atoms with van der Waals surface area (Å²) in [5.41, 5.74) is 0.647. The maximum atomic E-state index is 10.1. The molecule has 3 fully saturated rings. The van der Waals surface area contributed by atoms with Gasteiger partial charge in [0.1, 0.15) is 0 Å². The van der Waals surface area contributed by atoms with E-state index in [0.29, 0.717) is 22.7 Å². The van der Waals surface area contributed by atoms with Gasteiger partial charge >= 0.3 is 0 Å². The van der Waals surface area contributed by atoms with Crippen molar-refractivity contribution < 1.29 is 9.84 Å². The summed E-state index contributed by atoms with van der Waals surface area (Å²) in [4.78, 5) is 0. The van der Waals surface area contributed by atoms with Gasteiger partial charge in [-0.25, -0.2) is 0 Å². The van der Waals surface area contributed by atoms with Crippen molar-refractivity contribution in [3.63, 3.8) is 0 Å². The predicted octanol–water partition coefficient (Wildman–Crippen LogP) is 4.49. The van der Waals surface area contributed by atoms with Crippen LogP contribution in [0.15, 0.2) is 24.3 Å². The number of allylic oxidation sites excluding steroid dienone is 2. The minimum Gasteiger partial charge on any atom is -0.389 e. The van der Waals surface area contributed by atoms with Crippen molar-refractivity contribution in [2.24, 2.45) is 34.5 Å². The Kier molecular flexibility index (Phi) is 3.24. The van der Waals surface area contributed by atoms with Gasteiger partial charge in [-0.05, 0) is 74.0 Å². The van der Waals surface area contributed by atoms with Crippen molar-refractivity contribution in [1.82, 2.24) is 0 Å².